The van der Waals surface area contributed by atoms with E-state index in [-0.39, 0.29) is 0 Å². The maximum absolute atomic E-state index is 9.88. The van der Waals surface area contributed by atoms with Gasteiger partial charge in [-0.25, -0.2) is 0 Å². The molecule has 0 fully saturated rings. The first-order chi connectivity index (χ1) is 17.7. The average molecular weight is 462 g/mol. The van der Waals surface area contributed by atoms with Gasteiger partial charge in [0.15, 0.2) is 0 Å². The molecule has 3 heteroatoms. The third kappa shape index (κ3) is 2.59. The second-order valence-corrected chi connectivity index (χ2v) is 9.52. The highest BCUT2D eigenvalue weighted by Crippen LogP contribution is 2.59. The number of hydrogen-bond acceptors (Lipinski definition) is 3. The van der Waals surface area contributed by atoms with E-state index in [1.165, 1.54) is 44.8 Å². The number of hydrogen-bond donors (Lipinski definition) is 0. The number of nitriles is 1. The van der Waals surface area contributed by atoms with Gasteiger partial charge >= 0.3 is 0 Å². The molecule has 36 heavy (non-hydrogen) atoms. The van der Waals surface area contributed by atoms with Crippen molar-refractivity contribution in [1.29, 1.82) is 5.26 Å². The molecule has 2 heterocycles. The Kier molecular flexibility index (Phi) is 4.40. The first-order valence-corrected chi connectivity index (χ1v) is 12.2. The highest BCUT2D eigenvalue weighted by atomic mass is 15.1. The van der Waals surface area contributed by atoms with Crippen LogP contribution in [-0.4, -0.2) is 12.0 Å². The van der Waals surface area contributed by atoms with Crippen LogP contribution in [-0.2, 0) is 11.8 Å². The van der Waals surface area contributed by atoms with Crippen LogP contribution in [0.25, 0.3) is 11.3 Å². The molecule has 170 valence electrons. The van der Waals surface area contributed by atoms with Crippen molar-refractivity contribution in [2.75, 3.05) is 11.9 Å². The third-order valence-electron chi connectivity index (χ3n) is 7.89. The van der Waals surface area contributed by atoms with Gasteiger partial charge in [-0.3, -0.25) is 4.98 Å². The average Bonchev–Trinajstić information content (AvgIpc) is 2.95. The smallest absolute Gasteiger partial charge is 0.101 e. The summed E-state index contributed by atoms with van der Waals surface area (Å²) >= 11 is 0. The molecule has 3 nitrogen and oxygen atoms in total. The largest absolute Gasteiger partial charge is 0.344 e. The SMILES string of the molecule is CN1c2ccccc2C2(c3ccccc3Cc3c(-c4ncccc4C#N)cccc32)c2ccccc21. The molecule has 5 aromatic rings. The number of fused-ring (bicyclic) bond motifs is 8. The Bertz CT molecular complexity index is 1660. The summed E-state index contributed by atoms with van der Waals surface area (Å²) in [6, 6.07) is 39.0. The van der Waals surface area contributed by atoms with Crippen LogP contribution in [0.4, 0.5) is 11.4 Å². The van der Waals surface area contributed by atoms with Crippen LogP contribution in [0.1, 0.15) is 38.9 Å². The van der Waals surface area contributed by atoms with E-state index in [0.29, 0.717) is 5.56 Å². The monoisotopic (exact) mass is 461 g/mol. The first-order valence-electron chi connectivity index (χ1n) is 12.2. The summed E-state index contributed by atoms with van der Waals surface area (Å²) in [5.41, 5.74) is 12.0. The van der Waals surface area contributed by atoms with E-state index in [0.717, 1.165) is 17.7 Å². The van der Waals surface area contributed by atoms with E-state index in [1.54, 1.807) is 6.20 Å². The van der Waals surface area contributed by atoms with Crippen molar-refractivity contribution in [3.05, 3.63) is 148 Å². The van der Waals surface area contributed by atoms with Gasteiger partial charge in [-0.05, 0) is 64.1 Å². The summed E-state index contributed by atoms with van der Waals surface area (Å²) in [5, 5.41) is 9.88. The van der Waals surface area contributed by atoms with Crippen molar-refractivity contribution in [3.63, 3.8) is 0 Å². The predicted molar refractivity (Wildman–Crippen MR) is 144 cm³/mol. The summed E-state index contributed by atoms with van der Waals surface area (Å²) in [6.45, 7) is 0. The van der Waals surface area contributed by atoms with Crippen molar-refractivity contribution >= 4 is 11.4 Å². The van der Waals surface area contributed by atoms with Crippen molar-refractivity contribution in [2.45, 2.75) is 11.8 Å². The van der Waals surface area contributed by atoms with Crippen molar-refractivity contribution in [2.24, 2.45) is 0 Å². The van der Waals surface area contributed by atoms with E-state index in [1.807, 2.05) is 12.1 Å². The fourth-order valence-electron chi connectivity index (χ4n) is 6.46. The van der Waals surface area contributed by atoms with Gasteiger partial charge in [0.25, 0.3) is 0 Å². The number of benzene rings is 4. The van der Waals surface area contributed by atoms with Gasteiger partial charge in [-0.1, -0.05) is 78.9 Å². The Balaban J connectivity index is 1.67. The molecule has 0 saturated heterocycles. The topological polar surface area (TPSA) is 39.9 Å². The van der Waals surface area contributed by atoms with E-state index >= 15 is 0 Å². The van der Waals surface area contributed by atoms with Gasteiger partial charge in [-0.15, -0.1) is 0 Å². The Morgan fingerprint density at radius 2 is 1.36 bits per heavy atom. The van der Waals surface area contributed by atoms with Crippen LogP contribution >= 0.6 is 0 Å². The highest BCUT2D eigenvalue weighted by molar-refractivity contribution is 5.86. The molecule has 0 unspecified atom stereocenters. The van der Waals surface area contributed by atoms with Crippen LogP contribution in [0.3, 0.4) is 0 Å². The minimum atomic E-state index is -0.471. The lowest BCUT2D eigenvalue weighted by Gasteiger charge is -2.48. The summed E-state index contributed by atoms with van der Waals surface area (Å²) < 4.78 is 0. The molecular weight excluding hydrogens is 438 g/mol. The second-order valence-electron chi connectivity index (χ2n) is 9.52. The molecule has 1 aliphatic heterocycles. The molecule has 7 rings (SSSR count). The number of anilines is 2. The highest BCUT2D eigenvalue weighted by Gasteiger charge is 2.49. The van der Waals surface area contributed by atoms with Crippen molar-refractivity contribution < 1.29 is 0 Å². The fraction of sp³-hybridized carbons (Fsp3) is 0.0909. The van der Waals surface area contributed by atoms with Crippen molar-refractivity contribution in [1.82, 2.24) is 4.98 Å². The van der Waals surface area contributed by atoms with Crippen LogP contribution in [0.5, 0.6) is 0 Å². The van der Waals surface area contributed by atoms with Crippen LogP contribution in [0, 0.1) is 11.3 Å². The molecule has 4 aromatic carbocycles. The van der Waals surface area contributed by atoms with Gasteiger partial charge in [-0.2, -0.15) is 5.26 Å². The van der Waals surface area contributed by atoms with Crippen LogP contribution in [0.2, 0.25) is 0 Å². The molecule has 0 amide bonds. The fourth-order valence-corrected chi connectivity index (χ4v) is 6.46. The van der Waals surface area contributed by atoms with Gasteiger partial charge in [0.1, 0.15) is 6.07 Å². The number of nitrogens with zero attached hydrogens (tertiary/aromatic N) is 3. The van der Waals surface area contributed by atoms with Gasteiger partial charge in [0.05, 0.1) is 16.7 Å². The third-order valence-corrected chi connectivity index (χ3v) is 7.89. The molecule has 1 aromatic heterocycles. The first kappa shape index (κ1) is 20.7. The van der Waals surface area contributed by atoms with Gasteiger partial charge in [0.2, 0.25) is 0 Å². The second kappa shape index (κ2) is 7.66. The zero-order valence-electron chi connectivity index (χ0n) is 19.9. The Labute approximate surface area is 210 Å². The Morgan fingerprint density at radius 3 is 2.08 bits per heavy atom. The van der Waals surface area contributed by atoms with E-state index < -0.39 is 5.41 Å². The minimum absolute atomic E-state index is 0.471. The van der Waals surface area contributed by atoms with E-state index in [2.05, 4.69) is 114 Å². The van der Waals surface area contributed by atoms with Crippen LogP contribution in [0.15, 0.2) is 109 Å². The summed E-state index contributed by atoms with van der Waals surface area (Å²) in [6.07, 6.45) is 2.58. The maximum Gasteiger partial charge on any atom is 0.101 e. The summed E-state index contributed by atoms with van der Waals surface area (Å²) in [5.74, 6) is 0. The standard InChI is InChI=1S/C33H23N3/c1-36-30-17-6-4-14-28(30)33(29-15-5-7-18-31(29)36)26-13-3-2-10-22(26)20-25-24(12-8-16-27(25)33)32-23(21-34)11-9-19-35-32/h2-19H,20H2,1H3. The molecule has 0 N–H and O–H groups in total. The Hall–Kier alpha value is -4.68. The molecule has 0 radical (unpaired) electrons. The van der Waals surface area contributed by atoms with Crippen LogP contribution < -0.4 is 4.90 Å². The minimum Gasteiger partial charge on any atom is -0.344 e. The van der Waals surface area contributed by atoms with Crippen molar-refractivity contribution in [3.8, 4) is 17.3 Å². The Morgan fingerprint density at radius 1 is 0.722 bits per heavy atom. The molecule has 2 aliphatic rings. The lowest BCUT2D eigenvalue weighted by atomic mass is 9.57. The molecule has 1 aliphatic carbocycles. The number of aromatic nitrogens is 1. The lowest BCUT2D eigenvalue weighted by Crippen LogP contribution is -2.41. The molecular formula is C33H23N3. The predicted octanol–water partition coefficient (Wildman–Crippen LogP) is 6.99. The lowest BCUT2D eigenvalue weighted by molar-refractivity contribution is 0.690. The maximum atomic E-state index is 9.88. The summed E-state index contributed by atoms with van der Waals surface area (Å²) in [7, 11) is 2.16. The van der Waals surface area contributed by atoms with Gasteiger partial charge in [0, 0.05) is 30.2 Å². The molecule has 0 atom stereocenters. The van der Waals surface area contributed by atoms with Gasteiger partial charge < -0.3 is 4.90 Å². The van der Waals surface area contributed by atoms with E-state index in [9.17, 15) is 5.26 Å². The summed E-state index contributed by atoms with van der Waals surface area (Å²) in [4.78, 5) is 7.00. The molecule has 1 spiro atoms. The molecule has 0 saturated carbocycles. The number of para-hydroxylation sites is 2. The molecule has 0 bridgehead atoms. The zero-order valence-corrected chi connectivity index (χ0v) is 19.9. The quantitative estimate of drug-likeness (QED) is 0.265. The van der Waals surface area contributed by atoms with E-state index in [4.69, 9.17) is 0 Å². The zero-order chi connectivity index (χ0) is 24.3. The number of pyridine rings is 1. The number of rotatable bonds is 1. The normalized spacial score (nSPS) is 14.3.